The van der Waals surface area contributed by atoms with Crippen molar-refractivity contribution in [3.05, 3.63) is 128 Å². The third-order valence-electron chi connectivity index (χ3n) is 8.77. The standard InChI is InChI=1S/C37H38Cl3N3O4S/c1-25-12-16-31(20-26(25)2)43(48(46,47)32-17-14-29(38)15-18-32)24-36(44)42(23-28-13-19-33(39)34(40)21-28)35(22-27-8-4-3-5-9-27)37(45)41-30-10-6-7-11-30/h3-5,8-9,12-21,30,35H,6-7,10-11,22-24H2,1-2H3,(H,41,45). The van der Waals surface area contributed by atoms with E-state index in [1.165, 1.54) is 29.2 Å². The van der Waals surface area contributed by atoms with Crippen LogP contribution in [0.2, 0.25) is 15.1 Å². The Hall–Kier alpha value is -3.56. The van der Waals surface area contributed by atoms with Crippen molar-refractivity contribution in [1.82, 2.24) is 10.2 Å². The largest absolute Gasteiger partial charge is 0.352 e. The lowest BCUT2D eigenvalue weighted by atomic mass is 10.0. The van der Waals surface area contributed by atoms with Gasteiger partial charge in [-0.15, -0.1) is 0 Å². The number of nitrogens with one attached hydrogen (secondary N) is 1. The fourth-order valence-electron chi connectivity index (χ4n) is 5.90. The molecule has 252 valence electrons. The van der Waals surface area contributed by atoms with E-state index in [9.17, 15) is 18.0 Å². The van der Waals surface area contributed by atoms with Crippen LogP contribution < -0.4 is 9.62 Å². The number of carbonyl (C=O) groups is 2. The van der Waals surface area contributed by atoms with Gasteiger partial charge in [-0.05, 0) is 97.5 Å². The molecule has 0 aliphatic heterocycles. The van der Waals surface area contributed by atoms with Crippen LogP contribution in [0.5, 0.6) is 0 Å². The summed E-state index contributed by atoms with van der Waals surface area (Å²) in [5.74, 6) is -0.850. The van der Waals surface area contributed by atoms with Crippen LogP contribution in [-0.2, 0) is 32.6 Å². The molecule has 0 aromatic heterocycles. The molecule has 1 unspecified atom stereocenters. The number of sulfonamides is 1. The Labute approximate surface area is 297 Å². The summed E-state index contributed by atoms with van der Waals surface area (Å²) in [7, 11) is -4.25. The van der Waals surface area contributed by atoms with Gasteiger partial charge in [-0.3, -0.25) is 13.9 Å². The van der Waals surface area contributed by atoms with Crippen LogP contribution in [0.4, 0.5) is 5.69 Å². The summed E-state index contributed by atoms with van der Waals surface area (Å²) < 4.78 is 29.6. The molecule has 0 heterocycles. The molecule has 1 saturated carbocycles. The first-order valence-corrected chi connectivity index (χ1v) is 18.4. The summed E-state index contributed by atoms with van der Waals surface area (Å²) in [6.07, 6.45) is 4.00. The number of halogens is 3. The minimum absolute atomic E-state index is 0.00688. The summed E-state index contributed by atoms with van der Waals surface area (Å²) in [5.41, 5.74) is 3.66. The molecule has 4 aromatic carbocycles. The zero-order valence-electron chi connectivity index (χ0n) is 26.8. The SMILES string of the molecule is Cc1ccc(N(CC(=O)N(Cc2ccc(Cl)c(Cl)c2)C(Cc2ccccc2)C(=O)NC2CCCC2)S(=O)(=O)c2ccc(Cl)cc2)cc1C. The fourth-order valence-corrected chi connectivity index (χ4v) is 7.75. The highest BCUT2D eigenvalue weighted by Crippen LogP contribution is 2.29. The maximum Gasteiger partial charge on any atom is 0.264 e. The van der Waals surface area contributed by atoms with Crippen LogP contribution in [0.25, 0.3) is 0 Å². The van der Waals surface area contributed by atoms with E-state index in [1.807, 2.05) is 50.2 Å². The first kappa shape index (κ1) is 35.7. The Morgan fingerprint density at radius 2 is 1.50 bits per heavy atom. The molecule has 11 heteroatoms. The van der Waals surface area contributed by atoms with Crippen LogP contribution >= 0.6 is 34.8 Å². The van der Waals surface area contributed by atoms with E-state index < -0.39 is 28.5 Å². The number of aryl methyl sites for hydroxylation is 2. The van der Waals surface area contributed by atoms with Gasteiger partial charge < -0.3 is 10.2 Å². The van der Waals surface area contributed by atoms with Gasteiger partial charge in [-0.2, -0.15) is 0 Å². The second kappa shape index (κ2) is 15.8. The topological polar surface area (TPSA) is 86.8 Å². The van der Waals surface area contributed by atoms with Gasteiger partial charge in [-0.1, -0.05) is 90.1 Å². The molecule has 5 rings (SSSR count). The van der Waals surface area contributed by atoms with E-state index in [0.717, 1.165) is 46.7 Å². The van der Waals surface area contributed by atoms with Gasteiger partial charge in [0.25, 0.3) is 10.0 Å². The van der Waals surface area contributed by atoms with Crippen molar-refractivity contribution in [1.29, 1.82) is 0 Å². The number of amides is 2. The molecule has 1 aliphatic rings. The Bertz CT molecular complexity index is 1860. The Balaban J connectivity index is 1.59. The van der Waals surface area contributed by atoms with Gasteiger partial charge in [0.1, 0.15) is 12.6 Å². The van der Waals surface area contributed by atoms with Gasteiger partial charge >= 0.3 is 0 Å². The summed E-state index contributed by atoms with van der Waals surface area (Å²) in [6, 6.07) is 24.6. The van der Waals surface area contributed by atoms with Crippen molar-refractivity contribution < 1.29 is 18.0 Å². The molecule has 0 spiro atoms. The molecule has 1 fully saturated rings. The number of carbonyl (C=O) groups excluding carboxylic acids is 2. The lowest BCUT2D eigenvalue weighted by molar-refractivity contribution is -0.140. The quantitative estimate of drug-likeness (QED) is 0.160. The maximum absolute atomic E-state index is 14.7. The molecule has 1 N–H and O–H groups in total. The zero-order valence-corrected chi connectivity index (χ0v) is 29.9. The van der Waals surface area contributed by atoms with Crippen LogP contribution in [0.1, 0.15) is 47.9 Å². The number of hydrogen-bond acceptors (Lipinski definition) is 4. The average molecular weight is 727 g/mol. The summed E-state index contributed by atoms with van der Waals surface area (Å²) >= 11 is 18.7. The third-order valence-corrected chi connectivity index (χ3v) is 11.5. The normalized spacial score (nSPS) is 14.0. The first-order chi connectivity index (χ1) is 22.9. The minimum Gasteiger partial charge on any atom is -0.352 e. The summed E-state index contributed by atoms with van der Waals surface area (Å²) in [6.45, 7) is 3.25. The molecule has 0 saturated heterocycles. The minimum atomic E-state index is -4.25. The number of anilines is 1. The molecule has 4 aromatic rings. The van der Waals surface area contributed by atoms with Crippen LogP contribution in [0.3, 0.4) is 0 Å². The van der Waals surface area contributed by atoms with Crippen molar-refractivity contribution >= 4 is 62.3 Å². The van der Waals surface area contributed by atoms with E-state index in [-0.39, 0.29) is 29.8 Å². The van der Waals surface area contributed by atoms with E-state index in [0.29, 0.717) is 26.3 Å². The highest BCUT2D eigenvalue weighted by Gasteiger charge is 2.35. The number of benzene rings is 4. The summed E-state index contributed by atoms with van der Waals surface area (Å²) in [4.78, 5) is 30.3. The second-order valence-electron chi connectivity index (χ2n) is 12.2. The lowest BCUT2D eigenvalue weighted by Crippen LogP contribution is -2.54. The molecule has 2 amide bonds. The van der Waals surface area contributed by atoms with Gasteiger partial charge in [0.05, 0.1) is 20.6 Å². The van der Waals surface area contributed by atoms with Crippen molar-refractivity contribution in [2.75, 3.05) is 10.8 Å². The van der Waals surface area contributed by atoms with Gasteiger partial charge in [0.15, 0.2) is 0 Å². The Kier molecular flexibility index (Phi) is 11.7. The van der Waals surface area contributed by atoms with Crippen molar-refractivity contribution in [3.8, 4) is 0 Å². The Morgan fingerprint density at radius 1 is 0.812 bits per heavy atom. The smallest absolute Gasteiger partial charge is 0.264 e. The predicted molar refractivity (Wildman–Crippen MR) is 193 cm³/mol. The van der Waals surface area contributed by atoms with Crippen molar-refractivity contribution in [2.45, 2.75) is 69.5 Å². The second-order valence-corrected chi connectivity index (χ2v) is 15.3. The maximum atomic E-state index is 14.7. The van der Waals surface area contributed by atoms with Crippen LogP contribution in [-0.4, -0.2) is 43.8 Å². The van der Waals surface area contributed by atoms with E-state index in [2.05, 4.69) is 5.32 Å². The predicted octanol–water partition coefficient (Wildman–Crippen LogP) is 8.16. The van der Waals surface area contributed by atoms with Crippen molar-refractivity contribution in [2.24, 2.45) is 0 Å². The van der Waals surface area contributed by atoms with Gasteiger partial charge in [0.2, 0.25) is 11.8 Å². The molecule has 0 radical (unpaired) electrons. The zero-order chi connectivity index (χ0) is 34.4. The van der Waals surface area contributed by atoms with Crippen LogP contribution in [0, 0.1) is 13.8 Å². The van der Waals surface area contributed by atoms with E-state index >= 15 is 0 Å². The average Bonchev–Trinajstić information content (AvgIpc) is 3.58. The molecular weight excluding hydrogens is 689 g/mol. The molecule has 1 atom stereocenters. The fraction of sp³-hybridized carbons (Fsp3) is 0.297. The first-order valence-electron chi connectivity index (χ1n) is 15.9. The Morgan fingerprint density at radius 3 is 2.15 bits per heavy atom. The monoisotopic (exact) mass is 725 g/mol. The lowest BCUT2D eigenvalue weighted by Gasteiger charge is -2.34. The number of nitrogens with zero attached hydrogens (tertiary/aromatic N) is 2. The number of hydrogen-bond donors (Lipinski definition) is 1. The highest BCUT2D eigenvalue weighted by atomic mass is 35.5. The van der Waals surface area contributed by atoms with Crippen molar-refractivity contribution in [3.63, 3.8) is 0 Å². The molecule has 7 nitrogen and oxygen atoms in total. The van der Waals surface area contributed by atoms with E-state index in [4.69, 9.17) is 34.8 Å². The van der Waals surface area contributed by atoms with Gasteiger partial charge in [-0.25, -0.2) is 8.42 Å². The number of rotatable bonds is 12. The van der Waals surface area contributed by atoms with E-state index in [1.54, 1.807) is 30.3 Å². The van der Waals surface area contributed by atoms with Gasteiger partial charge in [0, 0.05) is 24.0 Å². The molecule has 0 bridgehead atoms. The molecule has 1 aliphatic carbocycles. The van der Waals surface area contributed by atoms with Crippen LogP contribution in [0.15, 0.2) is 95.9 Å². The third kappa shape index (κ3) is 8.72. The summed E-state index contributed by atoms with van der Waals surface area (Å²) in [5, 5.41) is 4.22. The molecule has 48 heavy (non-hydrogen) atoms. The highest BCUT2D eigenvalue weighted by molar-refractivity contribution is 7.92. The molecular formula is C37H38Cl3N3O4S.